The molecule has 3 aliphatic rings. The van der Waals surface area contributed by atoms with Gasteiger partial charge in [0.2, 0.25) is 0 Å². The topological polar surface area (TPSA) is 55.8 Å². The molecule has 4 unspecified atom stereocenters. The van der Waals surface area contributed by atoms with Crippen molar-refractivity contribution in [2.45, 2.75) is 78.9 Å². The van der Waals surface area contributed by atoms with Crippen molar-refractivity contribution >= 4 is 11.9 Å². The Kier molecular flexibility index (Phi) is 6.91. The quantitative estimate of drug-likeness (QED) is 0.459. The van der Waals surface area contributed by atoms with Crippen LogP contribution in [0.15, 0.2) is 30.3 Å². The van der Waals surface area contributed by atoms with Crippen molar-refractivity contribution in [2.75, 3.05) is 13.2 Å². The van der Waals surface area contributed by atoms with Crippen molar-refractivity contribution in [2.24, 2.45) is 16.7 Å². The maximum absolute atomic E-state index is 13.4. The van der Waals surface area contributed by atoms with Gasteiger partial charge in [-0.05, 0) is 50.0 Å². The highest BCUT2D eigenvalue weighted by Crippen LogP contribution is 2.62. The molecule has 30 heavy (non-hydrogen) atoms. The summed E-state index contributed by atoms with van der Waals surface area (Å²) in [7, 11) is 0. The molecule has 0 N–H and O–H groups in total. The van der Waals surface area contributed by atoms with Crippen molar-refractivity contribution in [1.82, 2.24) is 4.90 Å². The van der Waals surface area contributed by atoms with Crippen LogP contribution in [0.1, 0.15) is 65.9 Å². The lowest BCUT2D eigenvalue weighted by Crippen LogP contribution is -2.73. The van der Waals surface area contributed by atoms with Crippen LogP contribution < -0.4 is 0 Å². The van der Waals surface area contributed by atoms with Gasteiger partial charge in [-0.15, -0.1) is 0 Å². The zero-order valence-electron chi connectivity index (χ0n) is 19.1. The highest BCUT2D eigenvalue weighted by Gasteiger charge is 2.70. The summed E-state index contributed by atoms with van der Waals surface area (Å²) in [6, 6.07) is 10.4. The standard InChI is InChI=1S/C25H37NO4/c1-6-19-15-21-25(22(27)29-8-3,23(28)30-9-4)17-24(19,5)20(7-2)26(21)16-18-13-11-10-12-14-18/h10-14,19-21H,6-9,15-17H2,1-5H3. The van der Waals surface area contributed by atoms with E-state index in [1.165, 1.54) is 5.56 Å². The minimum absolute atomic E-state index is 0.160. The van der Waals surface area contributed by atoms with Crippen molar-refractivity contribution in [3.8, 4) is 0 Å². The van der Waals surface area contributed by atoms with Crippen LogP contribution in [0, 0.1) is 16.7 Å². The van der Waals surface area contributed by atoms with E-state index in [9.17, 15) is 9.59 Å². The second kappa shape index (κ2) is 9.09. The summed E-state index contributed by atoms with van der Waals surface area (Å²) < 4.78 is 11.0. The fourth-order valence-electron chi connectivity index (χ4n) is 6.38. The summed E-state index contributed by atoms with van der Waals surface area (Å²) in [6.07, 6.45) is 3.35. The van der Waals surface area contributed by atoms with Crippen LogP contribution in [0.2, 0.25) is 0 Å². The van der Waals surface area contributed by atoms with Gasteiger partial charge in [-0.25, -0.2) is 0 Å². The second-order valence-electron chi connectivity index (χ2n) is 9.03. The molecule has 0 spiro atoms. The summed E-state index contributed by atoms with van der Waals surface area (Å²) in [6.45, 7) is 11.6. The number of fused-ring (bicyclic) bond motifs is 3. The Morgan fingerprint density at radius 3 is 2.10 bits per heavy atom. The molecule has 166 valence electrons. The van der Waals surface area contributed by atoms with Crippen LogP contribution >= 0.6 is 0 Å². The monoisotopic (exact) mass is 415 g/mol. The number of nitrogens with zero attached hydrogens (tertiary/aromatic N) is 1. The molecule has 0 amide bonds. The van der Waals surface area contributed by atoms with E-state index in [-0.39, 0.29) is 24.7 Å². The molecule has 4 atom stereocenters. The Labute approximate surface area is 181 Å². The number of esters is 2. The summed E-state index contributed by atoms with van der Waals surface area (Å²) in [5.41, 5.74) is -0.221. The van der Waals surface area contributed by atoms with E-state index >= 15 is 0 Å². The highest BCUT2D eigenvalue weighted by molar-refractivity contribution is 6.01. The van der Waals surface area contributed by atoms with E-state index in [4.69, 9.17) is 9.47 Å². The van der Waals surface area contributed by atoms with E-state index < -0.39 is 17.4 Å². The normalized spacial score (nSPS) is 30.1. The van der Waals surface area contributed by atoms with Gasteiger partial charge in [0, 0.05) is 18.6 Å². The van der Waals surface area contributed by atoms with Gasteiger partial charge in [0.15, 0.2) is 5.41 Å². The highest BCUT2D eigenvalue weighted by atomic mass is 16.6. The van der Waals surface area contributed by atoms with Crippen molar-refractivity contribution < 1.29 is 19.1 Å². The summed E-state index contributed by atoms with van der Waals surface area (Å²) in [4.78, 5) is 29.2. The lowest BCUT2D eigenvalue weighted by atomic mass is 9.48. The molecular formula is C25H37NO4. The van der Waals surface area contributed by atoms with E-state index in [2.05, 4.69) is 37.8 Å². The Hall–Kier alpha value is -1.88. The zero-order chi connectivity index (χ0) is 21.9. The maximum Gasteiger partial charge on any atom is 0.325 e. The van der Waals surface area contributed by atoms with E-state index in [0.717, 1.165) is 25.8 Å². The predicted molar refractivity (Wildman–Crippen MR) is 117 cm³/mol. The third-order valence-corrected chi connectivity index (χ3v) is 7.60. The molecule has 0 radical (unpaired) electrons. The smallest absolute Gasteiger partial charge is 0.325 e. The largest absolute Gasteiger partial charge is 0.465 e. The summed E-state index contributed by atoms with van der Waals surface area (Å²) in [5, 5.41) is 0. The molecule has 1 aromatic carbocycles. The predicted octanol–water partition coefficient (Wildman–Crippen LogP) is 4.59. The molecule has 3 fully saturated rings. The zero-order valence-corrected chi connectivity index (χ0v) is 19.1. The van der Waals surface area contributed by atoms with E-state index in [0.29, 0.717) is 18.4 Å². The lowest BCUT2D eigenvalue weighted by Gasteiger charge is -2.66. The Bertz CT molecular complexity index is 731. The van der Waals surface area contributed by atoms with E-state index in [1.54, 1.807) is 13.8 Å². The maximum atomic E-state index is 13.4. The van der Waals surface area contributed by atoms with Crippen LogP contribution in [-0.4, -0.2) is 42.1 Å². The molecule has 2 bridgehead atoms. The molecule has 2 saturated heterocycles. The Balaban J connectivity index is 2.13. The Morgan fingerprint density at radius 1 is 1.00 bits per heavy atom. The van der Waals surface area contributed by atoms with Gasteiger partial charge in [0.05, 0.1) is 13.2 Å². The molecule has 5 nitrogen and oxygen atoms in total. The molecule has 1 aromatic rings. The summed E-state index contributed by atoms with van der Waals surface area (Å²) in [5.74, 6) is -0.361. The average Bonchev–Trinajstić information content (AvgIpc) is 2.74. The minimum atomic E-state index is -1.26. The third-order valence-electron chi connectivity index (χ3n) is 7.60. The number of hydrogen-bond acceptors (Lipinski definition) is 5. The first-order chi connectivity index (χ1) is 14.4. The minimum Gasteiger partial charge on any atom is -0.465 e. The number of rotatable bonds is 8. The summed E-state index contributed by atoms with van der Waals surface area (Å²) >= 11 is 0. The first-order valence-electron chi connectivity index (χ1n) is 11.5. The van der Waals surface area contributed by atoms with Crippen LogP contribution in [0.25, 0.3) is 0 Å². The number of benzene rings is 1. The molecule has 2 aliphatic heterocycles. The van der Waals surface area contributed by atoms with Crippen molar-refractivity contribution in [3.05, 3.63) is 35.9 Å². The van der Waals surface area contributed by atoms with E-state index in [1.807, 2.05) is 18.2 Å². The fraction of sp³-hybridized carbons (Fsp3) is 0.680. The third kappa shape index (κ3) is 3.55. The molecule has 0 aromatic heterocycles. The molecular weight excluding hydrogens is 378 g/mol. The van der Waals surface area contributed by atoms with Gasteiger partial charge < -0.3 is 9.47 Å². The number of hydrogen-bond donors (Lipinski definition) is 0. The van der Waals surface area contributed by atoms with Crippen LogP contribution in [-0.2, 0) is 25.6 Å². The van der Waals surface area contributed by atoms with Crippen molar-refractivity contribution in [3.63, 3.8) is 0 Å². The fourth-order valence-corrected chi connectivity index (χ4v) is 6.38. The average molecular weight is 416 g/mol. The molecule has 1 aliphatic carbocycles. The Morgan fingerprint density at radius 2 is 1.60 bits per heavy atom. The van der Waals surface area contributed by atoms with Crippen LogP contribution in [0.3, 0.4) is 0 Å². The molecule has 1 saturated carbocycles. The SMILES string of the molecule is CCOC(=O)C1(C(=O)OCC)CC2(C)C(CC)CC1N(Cc1ccccc1)C2CC. The van der Waals surface area contributed by atoms with Crippen LogP contribution in [0.4, 0.5) is 0 Å². The second-order valence-corrected chi connectivity index (χ2v) is 9.03. The molecule has 2 heterocycles. The van der Waals surface area contributed by atoms with Gasteiger partial charge in [-0.3, -0.25) is 14.5 Å². The first kappa shape index (κ1) is 22.8. The number of carbonyl (C=O) groups is 2. The number of piperidine rings is 2. The number of ether oxygens (including phenoxy) is 2. The molecule has 4 rings (SSSR count). The number of carbonyl (C=O) groups excluding carboxylic acids is 2. The van der Waals surface area contributed by atoms with Gasteiger partial charge >= 0.3 is 11.9 Å². The van der Waals surface area contributed by atoms with Gasteiger partial charge in [-0.1, -0.05) is 57.5 Å². The van der Waals surface area contributed by atoms with Gasteiger partial charge in [0.25, 0.3) is 0 Å². The first-order valence-corrected chi connectivity index (χ1v) is 11.5. The van der Waals surface area contributed by atoms with Crippen LogP contribution in [0.5, 0.6) is 0 Å². The van der Waals surface area contributed by atoms with Gasteiger partial charge in [-0.2, -0.15) is 0 Å². The van der Waals surface area contributed by atoms with Crippen molar-refractivity contribution in [1.29, 1.82) is 0 Å². The molecule has 5 heteroatoms. The van der Waals surface area contributed by atoms with Gasteiger partial charge in [0.1, 0.15) is 0 Å². The lowest BCUT2D eigenvalue weighted by molar-refractivity contribution is -0.219.